The number of thioether (sulfide) groups is 1. The van der Waals surface area contributed by atoms with E-state index in [4.69, 9.17) is 4.74 Å². The van der Waals surface area contributed by atoms with E-state index in [1.807, 2.05) is 68.1 Å². The fourth-order valence-electron chi connectivity index (χ4n) is 6.48. The Morgan fingerprint density at radius 1 is 1.04 bits per heavy atom. The van der Waals surface area contributed by atoms with Crippen molar-refractivity contribution >= 4 is 76.1 Å². The van der Waals surface area contributed by atoms with Gasteiger partial charge in [-0.25, -0.2) is 8.42 Å². The maximum Gasteiger partial charge on any atom is 0.319 e. The van der Waals surface area contributed by atoms with Crippen molar-refractivity contribution in [1.82, 2.24) is 0 Å². The molecule has 0 fully saturated rings. The number of anilines is 1. The number of fused-ring (bicyclic) bond motifs is 4. The van der Waals surface area contributed by atoms with Gasteiger partial charge < -0.3 is 18.7 Å². The Labute approximate surface area is 279 Å². The molecule has 0 aliphatic carbocycles. The predicted octanol–water partition coefficient (Wildman–Crippen LogP) is 5.68. The van der Waals surface area contributed by atoms with Gasteiger partial charge in [0.15, 0.2) is 6.54 Å². The smallest absolute Gasteiger partial charge is 0.319 e. The lowest BCUT2D eigenvalue weighted by molar-refractivity contribution is -0.936. The first-order chi connectivity index (χ1) is 21.8. The normalized spacial score (nSPS) is 15.6. The zero-order valence-electron chi connectivity index (χ0n) is 26.4. The quantitative estimate of drug-likeness (QED) is 0.100. The van der Waals surface area contributed by atoms with Crippen LogP contribution in [0.4, 0.5) is 5.69 Å². The fourth-order valence-corrected chi connectivity index (χ4v) is 10.7. The summed E-state index contributed by atoms with van der Waals surface area (Å²) < 4.78 is 79.4. The summed E-state index contributed by atoms with van der Waals surface area (Å²) >= 11 is 3.13. The van der Waals surface area contributed by atoms with Gasteiger partial charge in [-0.1, -0.05) is 47.4 Å². The molecule has 2 heterocycles. The van der Waals surface area contributed by atoms with Gasteiger partial charge in [0.25, 0.3) is 5.01 Å². The summed E-state index contributed by atoms with van der Waals surface area (Å²) in [6, 6.07) is 18.0. The van der Waals surface area contributed by atoms with E-state index in [1.54, 1.807) is 30.2 Å². The highest BCUT2D eigenvalue weighted by molar-refractivity contribution is 8.04. The number of quaternary nitrogens is 1. The maximum absolute atomic E-state index is 12.9. The minimum absolute atomic E-state index is 0.151. The van der Waals surface area contributed by atoms with E-state index in [9.17, 15) is 25.9 Å². The van der Waals surface area contributed by atoms with Crippen LogP contribution in [0.2, 0.25) is 0 Å². The third kappa shape index (κ3) is 7.08. The molecule has 1 aliphatic rings. The largest absolute Gasteiger partial charge is 0.748 e. The van der Waals surface area contributed by atoms with Crippen molar-refractivity contribution in [3.05, 3.63) is 64.6 Å². The maximum atomic E-state index is 12.9. The Morgan fingerprint density at radius 3 is 2.41 bits per heavy atom. The lowest BCUT2D eigenvalue weighted by Crippen LogP contribution is -2.59. The van der Waals surface area contributed by atoms with Gasteiger partial charge >= 0.3 is 10.1 Å². The molecule has 0 radical (unpaired) electrons. The molecule has 4 aromatic rings. The minimum Gasteiger partial charge on any atom is -0.748 e. The molecule has 14 heteroatoms. The predicted molar refractivity (Wildman–Crippen MR) is 185 cm³/mol. The van der Waals surface area contributed by atoms with E-state index >= 15 is 0 Å². The third-order valence-electron chi connectivity index (χ3n) is 9.02. The molecule has 5 rings (SSSR count). The molecule has 3 aromatic carbocycles. The van der Waals surface area contributed by atoms with Crippen molar-refractivity contribution in [1.29, 1.82) is 0 Å². The zero-order valence-corrected chi connectivity index (χ0v) is 29.6. The summed E-state index contributed by atoms with van der Waals surface area (Å²) in [5.41, 5.74) is 1.84. The van der Waals surface area contributed by atoms with Crippen molar-refractivity contribution in [2.24, 2.45) is 0 Å². The molecular weight excluding hydrogens is 667 g/mol. The van der Waals surface area contributed by atoms with Gasteiger partial charge in [-0.3, -0.25) is 4.55 Å². The van der Waals surface area contributed by atoms with Gasteiger partial charge in [-0.2, -0.15) is 13.0 Å². The fraction of sp³-hybridized carbons (Fsp3) is 0.406. The monoisotopic (exact) mass is 706 g/mol. The van der Waals surface area contributed by atoms with E-state index in [0.717, 1.165) is 41.6 Å². The van der Waals surface area contributed by atoms with Crippen LogP contribution in [0.15, 0.2) is 64.5 Å². The number of hydrogen-bond donors (Lipinski definition) is 1. The number of nitrogens with zero attached hydrogens (tertiary/aromatic N) is 3. The van der Waals surface area contributed by atoms with Crippen molar-refractivity contribution in [2.75, 3.05) is 43.9 Å². The van der Waals surface area contributed by atoms with Crippen molar-refractivity contribution in [2.45, 2.75) is 50.4 Å². The molecule has 0 amide bonds. The summed E-state index contributed by atoms with van der Waals surface area (Å²) in [6.07, 6.45) is 2.41. The van der Waals surface area contributed by atoms with Crippen LogP contribution in [0.25, 0.3) is 27.1 Å². The second-order valence-electron chi connectivity index (χ2n) is 11.3. The number of aryl methyl sites for hydroxylation is 1. The Bertz CT molecular complexity index is 1980. The first-order valence-electron chi connectivity index (χ1n) is 15.3. The zero-order chi connectivity index (χ0) is 33.3. The minimum atomic E-state index is -4.37. The average Bonchev–Trinajstić information content (AvgIpc) is 3.55. The molecule has 0 bridgehead atoms. The lowest BCUT2D eigenvalue weighted by Gasteiger charge is -2.40. The Morgan fingerprint density at radius 2 is 1.76 bits per heavy atom. The number of thiazole rings is 1. The Balaban J connectivity index is 1.64. The molecule has 1 aromatic heterocycles. The van der Waals surface area contributed by atoms with Gasteiger partial charge in [0, 0.05) is 23.3 Å². The van der Waals surface area contributed by atoms with Gasteiger partial charge in [-0.15, -0.1) is 0 Å². The number of hydrogen-bond acceptors (Lipinski definition) is 9. The first kappa shape index (κ1) is 34.6. The van der Waals surface area contributed by atoms with Gasteiger partial charge in [0.2, 0.25) is 10.9 Å². The molecule has 1 atom stereocenters. The summed E-state index contributed by atoms with van der Waals surface area (Å²) in [4.78, 5) is 2.98. The van der Waals surface area contributed by atoms with E-state index in [0.29, 0.717) is 38.5 Å². The van der Waals surface area contributed by atoms with Crippen LogP contribution in [-0.2, 0) is 26.8 Å². The molecule has 1 unspecified atom stereocenters. The van der Waals surface area contributed by atoms with E-state index < -0.39 is 31.4 Å². The number of rotatable bonds is 14. The van der Waals surface area contributed by atoms with Gasteiger partial charge in [-0.05, 0) is 56.8 Å². The number of benzene rings is 3. The molecule has 248 valence electrons. The second-order valence-corrected chi connectivity index (χ2v) is 16.6. The highest BCUT2D eigenvalue weighted by atomic mass is 32.2. The summed E-state index contributed by atoms with van der Waals surface area (Å²) in [7, 11) is -7.16. The van der Waals surface area contributed by atoms with E-state index in [-0.39, 0.29) is 17.3 Å². The molecule has 10 nitrogen and oxygen atoms in total. The van der Waals surface area contributed by atoms with Crippen LogP contribution < -0.4 is 14.2 Å². The number of aromatic nitrogens is 1. The van der Waals surface area contributed by atoms with Crippen LogP contribution in [0, 0.1) is 0 Å². The standard InChI is InChI=1S/C32H39N3O7S4/c1-5-35(6-2,7-3)31(46(39,40)41)17-19-34-30(44-28-15-13-23-11-8-9-12-25(23)32(28)34)22-29-33(18-10-20-45(36,37)38)26-21-24(42-4)14-16-27(26)43-29/h8-9,11-16,21-22,31H,5-7,10,17-20H2,1-4H3/p+1. The van der Waals surface area contributed by atoms with Crippen LogP contribution >= 0.6 is 23.1 Å². The first-order valence-corrected chi connectivity index (χ1v) is 20.0. The SMILES string of the molecule is CC[N+](CC)(CC)C(CC[n+]1c(C=C2Sc3ccc(OC)cc3N2CCCS(=O)(=O)[O-])sc2ccc3ccccc3c21)S(=O)(=O)O. The second kappa shape index (κ2) is 13.8. The molecule has 0 spiro atoms. The van der Waals surface area contributed by atoms with Crippen molar-refractivity contribution < 1.29 is 39.7 Å². The molecule has 0 saturated carbocycles. The van der Waals surface area contributed by atoms with Crippen LogP contribution in [-0.4, -0.2) is 74.8 Å². The van der Waals surface area contributed by atoms with Crippen LogP contribution in [0.5, 0.6) is 5.75 Å². The molecule has 1 N–H and O–H groups in total. The van der Waals surface area contributed by atoms with Gasteiger partial charge in [0.05, 0.1) is 65.5 Å². The highest BCUT2D eigenvalue weighted by Gasteiger charge is 2.43. The molecular formula is C32H40N3O7S4+. The molecule has 0 saturated heterocycles. The van der Waals surface area contributed by atoms with Crippen molar-refractivity contribution in [3.8, 4) is 5.75 Å². The summed E-state index contributed by atoms with van der Waals surface area (Å²) in [5.74, 6) is 0.185. The Hall–Kier alpha value is -2.72. The summed E-state index contributed by atoms with van der Waals surface area (Å²) in [6.45, 7) is 8.23. The average molecular weight is 707 g/mol. The third-order valence-corrected chi connectivity index (χ3v) is 13.4. The molecule has 1 aliphatic heterocycles. The topological polar surface area (TPSA) is 128 Å². The number of ether oxygens (including phenoxy) is 1. The lowest BCUT2D eigenvalue weighted by atomic mass is 10.1. The van der Waals surface area contributed by atoms with Crippen LogP contribution in [0.3, 0.4) is 0 Å². The number of methoxy groups -OCH3 is 1. The highest BCUT2D eigenvalue weighted by Crippen LogP contribution is 2.48. The van der Waals surface area contributed by atoms with Crippen LogP contribution in [0.1, 0.15) is 38.6 Å². The van der Waals surface area contributed by atoms with Gasteiger partial charge in [0.1, 0.15) is 10.4 Å². The van der Waals surface area contributed by atoms with Crippen molar-refractivity contribution in [3.63, 3.8) is 0 Å². The van der Waals surface area contributed by atoms with E-state index in [1.165, 1.54) is 0 Å². The Kier molecular flexibility index (Phi) is 10.4. The molecule has 46 heavy (non-hydrogen) atoms. The summed E-state index contributed by atoms with van der Waals surface area (Å²) in [5, 5.41) is 2.84. The van der Waals surface area contributed by atoms with E-state index in [2.05, 4.69) is 22.8 Å².